The van der Waals surface area contributed by atoms with Crippen LogP contribution in [-0.4, -0.2) is 54.7 Å². The number of ketones is 2. The van der Waals surface area contributed by atoms with Gasteiger partial charge in [0.2, 0.25) is 11.4 Å². The molecule has 2 aliphatic rings. The number of aromatic hydroxyl groups is 1. The van der Waals surface area contributed by atoms with Gasteiger partial charge in [0.05, 0.1) is 27.8 Å². The first kappa shape index (κ1) is 25.4. The zero-order valence-electron chi connectivity index (χ0n) is 20.1. The van der Waals surface area contributed by atoms with Crippen molar-refractivity contribution in [3.05, 3.63) is 57.8 Å². The van der Waals surface area contributed by atoms with E-state index in [9.17, 15) is 24.6 Å². The van der Waals surface area contributed by atoms with Crippen molar-refractivity contribution >= 4 is 29.1 Å². The molecule has 10 heteroatoms. The van der Waals surface area contributed by atoms with E-state index in [1.54, 1.807) is 19.1 Å². The summed E-state index contributed by atoms with van der Waals surface area (Å²) in [5.41, 5.74) is -1.77. The van der Waals surface area contributed by atoms with Crippen molar-refractivity contribution in [2.75, 3.05) is 21.3 Å². The molecule has 3 atom stereocenters. The van der Waals surface area contributed by atoms with Crippen LogP contribution in [-0.2, 0) is 14.3 Å². The maximum atomic E-state index is 13.9. The van der Waals surface area contributed by atoms with Gasteiger partial charge >= 0.3 is 5.97 Å². The number of carbonyl (C=O) groups excluding carboxylic acids is 3. The average molecular weight is 517 g/mol. The predicted octanol–water partition coefficient (Wildman–Crippen LogP) is 4.14. The average Bonchev–Trinajstić information content (AvgIpc) is 3.17. The minimum absolute atomic E-state index is 0.0102. The topological polar surface area (TPSA) is 129 Å². The summed E-state index contributed by atoms with van der Waals surface area (Å²) in [4.78, 5) is 39.6. The zero-order chi connectivity index (χ0) is 26.4. The lowest BCUT2D eigenvalue weighted by molar-refractivity contribution is -0.140. The third kappa shape index (κ3) is 3.74. The van der Waals surface area contributed by atoms with Crippen molar-refractivity contribution in [3.8, 4) is 23.0 Å². The Labute approximate surface area is 212 Å². The van der Waals surface area contributed by atoms with Crippen LogP contribution in [0.2, 0.25) is 5.02 Å². The van der Waals surface area contributed by atoms with Crippen LogP contribution in [0.4, 0.5) is 0 Å². The molecule has 0 bridgehead atoms. The van der Waals surface area contributed by atoms with Crippen LogP contribution in [0.15, 0.2) is 41.7 Å². The molecule has 190 valence electrons. The summed E-state index contributed by atoms with van der Waals surface area (Å²) in [6.45, 7) is 1.61. The van der Waals surface area contributed by atoms with E-state index in [1.807, 2.05) is 0 Å². The predicted molar refractivity (Wildman–Crippen MR) is 128 cm³/mol. The molecule has 9 nitrogen and oxygen atoms in total. The van der Waals surface area contributed by atoms with Gasteiger partial charge in [0.25, 0.3) is 0 Å². The van der Waals surface area contributed by atoms with Gasteiger partial charge in [-0.15, -0.1) is 0 Å². The Balaban J connectivity index is 1.96. The molecule has 2 aromatic carbocycles. The first-order valence-corrected chi connectivity index (χ1v) is 11.5. The van der Waals surface area contributed by atoms with Gasteiger partial charge in [0.1, 0.15) is 27.8 Å². The van der Waals surface area contributed by atoms with Crippen LogP contribution >= 0.6 is 11.6 Å². The molecule has 1 spiro atoms. The summed E-state index contributed by atoms with van der Waals surface area (Å²) >= 11 is 6.46. The van der Waals surface area contributed by atoms with Gasteiger partial charge in [-0.2, -0.15) is 0 Å². The molecule has 1 unspecified atom stereocenters. The molecule has 0 saturated carbocycles. The number of allylic oxidation sites excluding steroid dienone is 1. The summed E-state index contributed by atoms with van der Waals surface area (Å²) < 4.78 is 21.6. The normalized spacial score (nSPS) is 21.8. The summed E-state index contributed by atoms with van der Waals surface area (Å²) in [7, 11) is 3.96. The maximum Gasteiger partial charge on any atom is 0.306 e. The third-order valence-electron chi connectivity index (χ3n) is 6.73. The number of phenols is 1. The van der Waals surface area contributed by atoms with Crippen LogP contribution in [0.1, 0.15) is 41.6 Å². The molecular formula is C26H25ClO9. The highest BCUT2D eigenvalue weighted by molar-refractivity contribution is 6.35. The van der Waals surface area contributed by atoms with Gasteiger partial charge in [-0.25, -0.2) is 0 Å². The number of benzene rings is 2. The van der Waals surface area contributed by atoms with E-state index < -0.39 is 40.7 Å². The first-order chi connectivity index (χ1) is 17.1. The quantitative estimate of drug-likeness (QED) is 0.544. The van der Waals surface area contributed by atoms with Crippen LogP contribution in [0, 0.1) is 5.92 Å². The number of Topliss-reactive ketones (excluding diaryl/α,β-unsaturated/α-hetero) is 2. The molecule has 2 aromatic rings. The van der Waals surface area contributed by atoms with Gasteiger partial charge in [-0.3, -0.25) is 14.4 Å². The lowest BCUT2D eigenvalue weighted by atomic mass is 9.69. The second-order valence-electron chi connectivity index (χ2n) is 8.68. The first-order valence-electron chi connectivity index (χ1n) is 11.1. The highest BCUT2D eigenvalue weighted by atomic mass is 35.5. The van der Waals surface area contributed by atoms with Crippen molar-refractivity contribution in [1.82, 2.24) is 0 Å². The van der Waals surface area contributed by atoms with E-state index in [-0.39, 0.29) is 52.0 Å². The van der Waals surface area contributed by atoms with Crippen LogP contribution in [0.5, 0.6) is 23.0 Å². The van der Waals surface area contributed by atoms with E-state index in [1.165, 1.54) is 39.5 Å². The second-order valence-corrected chi connectivity index (χ2v) is 9.06. The highest BCUT2D eigenvalue weighted by Crippen LogP contribution is 2.55. The van der Waals surface area contributed by atoms with E-state index in [0.29, 0.717) is 5.56 Å². The van der Waals surface area contributed by atoms with Gasteiger partial charge in [-0.1, -0.05) is 30.7 Å². The number of carbonyl (C=O) groups is 3. The van der Waals surface area contributed by atoms with Crippen molar-refractivity contribution < 1.29 is 43.5 Å². The molecule has 0 fully saturated rings. The number of halogens is 1. The fraction of sp³-hybridized carbons (Fsp3) is 0.346. The van der Waals surface area contributed by atoms with E-state index >= 15 is 0 Å². The molecule has 1 heterocycles. The van der Waals surface area contributed by atoms with Gasteiger partial charge < -0.3 is 29.2 Å². The molecule has 0 aromatic heterocycles. The smallest absolute Gasteiger partial charge is 0.306 e. The lowest BCUT2D eigenvalue weighted by Gasteiger charge is -2.38. The van der Waals surface area contributed by atoms with E-state index in [0.717, 1.165) is 0 Å². The highest BCUT2D eigenvalue weighted by Gasteiger charge is 2.61. The number of hydrogen-bond donors (Lipinski definition) is 2. The second kappa shape index (κ2) is 9.39. The molecule has 0 amide bonds. The number of ether oxygens (including phenoxy) is 4. The van der Waals surface area contributed by atoms with Crippen molar-refractivity contribution in [2.24, 2.45) is 5.92 Å². The molecule has 0 radical (unpaired) electrons. The standard InChI is InChI=1S/C26H25ClO9/c1-12-8-16(29)20(15(10-19(30)35-4)13-6-5-7-14(28)9-13)24(31)26(12)25(32)21-17(33-2)11-18(34-3)22(27)23(21)36-26/h5-7,9,11-12,15,28,31H,8,10H2,1-4H3/t12-,15?,26+/m1/s1. The Kier molecular flexibility index (Phi) is 6.62. The number of esters is 1. The Morgan fingerprint density at radius 2 is 1.86 bits per heavy atom. The van der Waals surface area contributed by atoms with Gasteiger partial charge in [0, 0.05) is 29.9 Å². The fourth-order valence-electron chi connectivity index (χ4n) is 4.92. The van der Waals surface area contributed by atoms with Crippen molar-refractivity contribution in [3.63, 3.8) is 0 Å². The number of fused-ring (bicyclic) bond motifs is 1. The summed E-state index contributed by atoms with van der Waals surface area (Å²) in [6, 6.07) is 7.39. The van der Waals surface area contributed by atoms with E-state index in [2.05, 4.69) is 0 Å². The monoisotopic (exact) mass is 516 g/mol. The van der Waals surface area contributed by atoms with E-state index in [4.69, 9.17) is 30.5 Å². The number of methoxy groups -OCH3 is 3. The Morgan fingerprint density at radius 1 is 1.17 bits per heavy atom. The largest absolute Gasteiger partial charge is 0.508 e. The molecule has 0 saturated heterocycles. The summed E-state index contributed by atoms with van der Waals surface area (Å²) in [5, 5.41) is 21.7. The lowest BCUT2D eigenvalue weighted by Crippen LogP contribution is -2.53. The minimum atomic E-state index is -1.99. The van der Waals surface area contributed by atoms with Crippen LogP contribution in [0.3, 0.4) is 0 Å². The molecule has 2 N–H and O–H groups in total. The number of rotatable bonds is 6. The Morgan fingerprint density at radius 3 is 2.47 bits per heavy atom. The maximum absolute atomic E-state index is 13.9. The number of aliphatic hydroxyl groups is 1. The number of hydrogen-bond acceptors (Lipinski definition) is 9. The molecule has 4 rings (SSSR count). The SMILES string of the molecule is COC(=O)CC(C1=C(O)[C@@]2(Oc3c(Cl)c(OC)cc(OC)c3C2=O)[C@H](C)CC1=O)c1cccc(O)c1. The number of phenolic OH excluding ortho intramolecular Hbond substituents is 1. The summed E-state index contributed by atoms with van der Waals surface area (Å²) in [5.74, 6) is -3.99. The van der Waals surface area contributed by atoms with Gasteiger partial charge in [-0.05, 0) is 17.7 Å². The zero-order valence-corrected chi connectivity index (χ0v) is 20.8. The van der Waals surface area contributed by atoms with Crippen LogP contribution < -0.4 is 14.2 Å². The Bertz CT molecular complexity index is 1300. The van der Waals surface area contributed by atoms with Crippen molar-refractivity contribution in [1.29, 1.82) is 0 Å². The van der Waals surface area contributed by atoms with Crippen LogP contribution in [0.25, 0.3) is 0 Å². The molecule has 1 aliphatic heterocycles. The molecule has 1 aliphatic carbocycles. The van der Waals surface area contributed by atoms with Crippen molar-refractivity contribution in [2.45, 2.75) is 31.3 Å². The Hall–Kier alpha value is -3.72. The summed E-state index contributed by atoms with van der Waals surface area (Å²) in [6.07, 6.45) is -0.485. The van der Waals surface area contributed by atoms with Gasteiger partial charge in [0.15, 0.2) is 17.3 Å². The third-order valence-corrected chi connectivity index (χ3v) is 7.09. The molecule has 36 heavy (non-hydrogen) atoms. The molecular weight excluding hydrogens is 492 g/mol. The fourth-order valence-corrected chi connectivity index (χ4v) is 5.18. The number of aliphatic hydroxyl groups excluding tert-OH is 1. The minimum Gasteiger partial charge on any atom is -0.508 e.